The zero-order valence-corrected chi connectivity index (χ0v) is 13.5. The van der Waals surface area contributed by atoms with Crippen LogP contribution in [0.3, 0.4) is 0 Å². The van der Waals surface area contributed by atoms with Crippen LogP contribution < -0.4 is 16.6 Å². The number of amides is 1. The second-order valence-electron chi connectivity index (χ2n) is 5.85. The van der Waals surface area contributed by atoms with E-state index >= 15 is 0 Å². The summed E-state index contributed by atoms with van der Waals surface area (Å²) in [6, 6.07) is 1.51. The Morgan fingerprint density at radius 1 is 1.32 bits per heavy atom. The highest BCUT2D eigenvalue weighted by molar-refractivity contribution is 5.95. The van der Waals surface area contributed by atoms with E-state index in [0.29, 0.717) is 31.4 Å². The van der Waals surface area contributed by atoms with Gasteiger partial charge in [-0.3, -0.25) is 19.6 Å². The van der Waals surface area contributed by atoms with Crippen molar-refractivity contribution >= 4 is 16.9 Å². The third kappa shape index (κ3) is 3.47. The summed E-state index contributed by atoms with van der Waals surface area (Å²) in [4.78, 5) is 44.1. The molecule has 0 unspecified atom stereocenters. The first-order valence-corrected chi connectivity index (χ1v) is 7.74. The summed E-state index contributed by atoms with van der Waals surface area (Å²) in [6.45, 7) is 2.03. The maximum absolute atomic E-state index is 12.3. The molecule has 25 heavy (non-hydrogen) atoms. The fraction of sp³-hybridized carbons (Fsp3) is 0.375. The fourth-order valence-electron chi connectivity index (χ4n) is 2.61. The zero-order chi connectivity index (χ0) is 18.0. The number of aromatic amines is 2. The lowest BCUT2D eigenvalue weighted by Gasteiger charge is -2.10. The Morgan fingerprint density at radius 2 is 2.08 bits per heavy atom. The Labute approximate surface area is 142 Å². The minimum absolute atomic E-state index is 0.0802. The first-order chi connectivity index (χ1) is 11.9. The Bertz CT molecular complexity index is 1020. The minimum atomic E-state index is -0.672. The molecule has 0 radical (unpaired) electrons. The number of H-pyrrole nitrogens is 2. The lowest BCUT2D eigenvalue weighted by molar-refractivity contribution is 0.0947. The van der Waals surface area contributed by atoms with Gasteiger partial charge in [0.2, 0.25) is 0 Å². The van der Waals surface area contributed by atoms with E-state index in [2.05, 4.69) is 36.4 Å². The molecule has 0 saturated carbocycles. The number of aromatic nitrogens is 3. The highest BCUT2D eigenvalue weighted by Crippen LogP contribution is 2.36. The summed E-state index contributed by atoms with van der Waals surface area (Å²) < 4.78 is 0. The van der Waals surface area contributed by atoms with E-state index in [0.717, 1.165) is 0 Å². The average molecular weight is 340 g/mol. The first-order valence-electron chi connectivity index (χ1n) is 7.74. The number of terminal acetylenes is 1. The summed E-state index contributed by atoms with van der Waals surface area (Å²) in [5.41, 5.74) is -0.932. The number of nitrogens with one attached hydrogen (secondary N) is 3. The van der Waals surface area contributed by atoms with E-state index in [9.17, 15) is 14.4 Å². The molecule has 128 valence electrons. The lowest BCUT2D eigenvalue weighted by Crippen LogP contribution is -2.30. The summed E-state index contributed by atoms with van der Waals surface area (Å²) in [7, 11) is 0. The summed E-state index contributed by atoms with van der Waals surface area (Å²) in [5, 5.41) is 11.0. The van der Waals surface area contributed by atoms with Crippen molar-refractivity contribution in [1.29, 1.82) is 0 Å². The van der Waals surface area contributed by atoms with Crippen LogP contribution in [-0.2, 0) is 0 Å². The SMILES string of the molecule is C#CCCC1(CCNC(=O)c2cc(C)c3c(=O)[nH]c(=O)[nH]c3n2)N=N1. The van der Waals surface area contributed by atoms with Gasteiger partial charge in [-0.15, -0.1) is 12.3 Å². The van der Waals surface area contributed by atoms with Crippen molar-refractivity contribution in [3.05, 3.63) is 38.2 Å². The van der Waals surface area contributed by atoms with Gasteiger partial charge in [0.15, 0.2) is 5.66 Å². The monoisotopic (exact) mass is 340 g/mol. The molecular formula is C16H16N6O3. The van der Waals surface area contributed by atoms with Gasteiger partial charge in [0, 0.05) is 25.8 Å². The Morgan fingerprint density at radius 3 is 2.76 bits per heavy atom. The number of fused-ring (bicyclic) bond motifs is 1. The Hall–Kier alpha value is -3.28. The van der Waals surface area contributed by atoms with Crippen molar-refractivity contribution in [2.24, 2.45) is 10.2 Å². The first kappa shape index (κ1) is 16.6. The van der Waals surface area contributed by atoms with Gasteiger partial charge in [-0.1, -0.05) is 0 Å². The number of rotatable bonds is 6. The van der Waals surface area contributed by atoms with Crippen LogP contribution in [0.4, 0.5) is 0 Å². The van der Waals surface area contributed by atoms with Crippen LogP contribution in [-0.4, -0.2) is 33.1 Å². The van der Waals surface area contributed by atoms with Crippen LogP contribution in [0.5, 0.6) is 0 Å². The fourth-order valence-corrected chi connectivity index (χ4v) is 2.61. The standard InChI is InChI=1S/C16H16N6O3/c1-3-4-5-16(21-22-16)6-7-17-13(23)10-8-9(2)11-12(18-10)19-15(25)20-14(11)24/h1,8H,4-7H2,2H3,(H,17,23)(H2,18,19,20,24,25). The van der Waals surface area contributed by atoms with Crippen molar-refractivity contribution in [1.82, 2.24) is 20.3 Å². The molecule has 3 N–H and O–H groups in total. The number of hydrogen-bond acceptors (Lipinski definition) is 6. The van der Waals surface area contributed by atoms with Crippen LogP contribution >= 0.6 is 0 Å². The normalized spacial score (nSPS) is 14.2. The molecule has 1 amide bonds. The number of carbonyl (C=O) groups is 1. The molecule has 1 aliphatic heterocycles. The summed E-state index contributed by atoms with van der Waals surface area (Å²) in [6.07, 6.45) is 7.04. The largest absolute Gasteiger partial charge is 0.351 e. The molecular weight excluding hydrogens is 324 g/mol. The van der Waals surface area contributed by atoms with Crippen LogP contribution in [0.2, 0.25) is 0 Å². The van der Waals surface area contributed by atoms with E-state index in [1.165, 1.54) is 6.07 Å². The topological polar surface area (TPSA) is 132 Å². The number of hydrogen-bond donors (Lipinski definition) is 3. The van der Waals surface area contributed by atoms with Gasteiger partial charge in [0.05, 0.1) is 5.39 Å². The second-order valence-corrected chi connectivity index (χ2v) is 5.85. The van der Waals surface area contributed by atoms with Crippen LogP contribution in [0.1, 0.15) is 35.3 Å². The molecule has 0 atom stereocenters. The maximum atomic E-state index is 12.3. The van der Waals surface area contributed by atoms with E-state index in [-0.39, 0.29) is 16.7 Å². The second kappa shape index (κ2) is 6.32. The molecule has 0 aromatic carbocycles. The van der Waals surface area contributed by atoms with Gasteiger partial charge >= 0.3 is 5.69 Å². The molecule has 0 fully saturated rings. The molecule has 1 aliphatic rings. The van der Waals surface area contributed by atoms with Gasteiger partial charge in [-0.05, 0) is 18.6 Å². The summed E-state index contributed by atoms with van der Waals surface area (Å²) >= 11 is 0. The summed E-state index contributed by atoms with van der Waals surface area (Å²) in [5.74, 6) is 2.14. The average Bonchev–Trinajstić information content (AvgIpc) is 3.32. The lowest BCUT2D eigenvalue weighted by atomic mass is 10.0. The highest BCUT2D eigenvalue weighted by atomic mass is 16.2. The van der Waals surface area contributed by atoms with E-state index in [1.807, 2.05) is 0 Å². The number of nitrogens with zero attached hydrogens (tertiary/aromatic N) is 3. The molecule has 2 aromatic heterocycles. The highest BCUT2D eigenvalue weighted by Gasteiger charge is 2.38. The van der Waals surface area contributed by atoms with Gasteiger partial charge in [0.1, 0.15) is 11.3 Å². The van der Waals surface area contributed by atoms with Gasteiger partial charge in [-0.25, -0.2) is 9.78 Å². The van der Waals surface area contributed by atoms with Gasteiger partial charge in [0.25, 0.3) is 11.5 Å². The molecule has 0 aliphatic carbocycles. The van der Waals surface area contributed by atoms with Gasteiger partial charge in [-0.2, -0.15) is 10.2 Å². The molecule has 0 saturated heterocycles. The molecule has 9 nitrogen and oxygen atoms in total. The zero-order valence-electron chi connectivity index (χ0n) is 13.5. The molecule has 2 aromatic rings. The van der Waals surface area contributed by atoms with E-state index in [1.54, 1.807) is 6.92 Å². The predicted octanol–water partition coefficient (Wildman–Crippen LogP) is 0.615. The molecule has 9 heteroatoms. The number of aryl methyl sites for hydroxylation is 1. The molecule has 0 spiro atoms. The molecule has 0 bridgehead atoms. The Kier molecular flexibility index (Phi) is 4.19. The van der Waals surface area contributed by atoms with Crippen molar-refractivity contribution < 1.29 is 4.79 Å². The number of carbonyl (C=O) groups excluding carboxylic acids is 1. The van der Waals surface area contributed by atoms with Crippen LogP contribution in [0, 0.1) is 19.3 Å². The molecule has 3 heterocycles. The van der Waals surface area contributed by atoms with Gasteiger partial charge < -0.3 is 5.32 Å². The minimum Gasteiger partial charge on any atom is -0.351 e. The van der Waals surface area contributed by atoms with Crippen molar-refractivity contribution in [2.75, 3.05) is 6.54 Å². The quantitative estimate of drug-likeness (QED) is 0.665. The molecule has 3 rings (SSSR count). The Balaban J connectivity index is 1.72. The third-order valence-corrected chi connectivity index (χ3v) is 4.00. The number of pyridine rings is 1. The van der Waals surface area contributed by atoms with Crippen molar-refractivity contribution in [2.45, 2.75) is 31.8 Å². The maximum Gasteiger partial charge on any atom is 0.327 e. The predicted molar refractivity (Wildman–Crippen MR) is 90.3 cm³/mol. The third-order valence-electron chi connectivity index (χ3n) is 4.00. The smallest absolute Gasteiger partial charge is 0.327 e. The van der Waals surface area contributed by atoms with Crippen LogP contribution in [0.15, 0.2) is 25.9 Å². The van der Waals surface area contributed by atoms with Crippen molar-refractivity contribution in [3.63, 3.8) is 0 Å². The van der Waals surface area contributed by atoms with Crippen LogP contribution in [0.25, 0.3) is 11.0 Å². The van der Waals surface area contributed by atoms with E-state index in [4.69, 9.17) is 6.42 Å². The van der Waals surface area contributed by atoms with Crippen molar-refractivity contribution in [3.8, 4) is 12.3 Å². The van der Waals surface area contributed by atoms with E-state index < -0.39 is 22.8 Å².